The molecular formula is C14H23N3OS. The Kier molecular flexibility index (Phi) is 5.34. The maximum absolute atomic E-state index is 11.9. The third-order valence-corrected chi connectivity index (χ3v) is 4.72. The van der Waals surface area contributed by atoms with Gasteiger partial charge in [-0.15, -0.1) is 11.3 Å². The number of nitrogens with zero attached hydrogens (tertiary/aromatic N) is 1. The van der Waals surface area contributed by atoms with Crippen LogP contribution in [0.5, 0.6) is 0 Å². The van der Waals surface area contributed by atoms with Crippen LogP contribution in [0, 0.1) is 18.8 Å². The largest absolute Gasteiger partial charge is 0.350 e. The highest BCUT2D eigenvalue weighted by Crippen LogP contribution is 2.22. The number of hydrogen-bond acceptors (Lipinski definition) is 4. The first-order chi connectivity index (χ1) is 9.15. The number of amides is 1. The number of aryl methyl sites for hydroxylation is 1. The van der Waals surface area contributed by atoms with Gasteiger partial charge < -0.3 is 10.6 Å². The molecule has 5 heteroatoms. The summed E-state index contributed by atoms with van der Waals surface area (Å²) in [6, 6.07) is 0. The Bertz CT molecular complexity index is 413. The molecular weight excluding hydrogens is 258 g/mol. The van der Waals surface area contributed by atoms with Crippen LogP contribution in [0.25, 0.3) is 0 Å². The van der Waals surface area contributed by atoms with Gasteiger partial charge in [0.2, 0.25) is 5.91 Å². The summed E-state index contributed by atoms with van der Waals surface area (Å²) in [6.45, 7) is 6.90. The second-order valence-electron chi connectivity index (χ2n) is 5.45. The van der Waals surface area contributed by atoms with Crippen LogP contribution in [0.15, 0.2) is 5.38 Å². The van der Waals surface area contributed by atoms with Gasteiger partial charge in [0.15, 0.2) is 0 Å². The van der Waals surface area contributed by atoms with Gasteiger partial charge in [0.25, 0.3) is 0 Å². The Hall–Kier alpha value is -0.940. The van der Waals surface area contributed by atoms with E-state index in [-0.39, 0.29) is 5.91 Å². The van der Waals surface area contributed by atoms with Gasteiger partial charge in [-0.2, -0.15) is 0 Å². The van der Waals surface area contributed by atoms with Crippen molar-refractivity contribution in [3.63, 3.8) is 0 Å². The summed E-state index contributed by atoms with van der Waals surface area (Å²) in [5, 5.41) is 9.38. The van der Waals surface area contributed by atoms with Crippen molar-refractivity contribution in [2.24, 2.45) is 11.8 Å². The number of carbonyl (C=O) groups is 1. The van der Waals surface area contributed by atoms with Gasteiger partial charge >= 0.3 is 0 Å². The van der Waals surface area contributed by atoms with Crippen LogP contribution in [-0.4, -0.2) is 24.0 Å². The molecule has 1 aromatic heterocycles. The number of hydrogen-bond donors (Lipinski definition) is 2. The van der Waals surface area contributed by atoms with Crippen molar-refractivity contribution in [1.82, 2.24) is 15.6 Å². The number of rotatable bonds is 5. The lowest BCUT2D eigenvalue weighted by atomic mass is 9.85. The Morgan fingerprint density at radius 2 is 2.53 bits per heavy atom. The summed E-state index contributed by atoms with van der Waals surface area (Å²) in [4.78, 5) is 16.3. The standard InChI is InChI=1S/C14H23N3OS/c1-10(12-4-3-5-15-7-12)6-13(18)16-8-14-17-11(2)9-19-14/h9-10,12,15H,3-8H2,1-2H3,(H,16,18). The molecule has 1 aliphatic rings. The first-order valence-corrected chi connectivity index (χ1v) is 7.91. The molecule has 1 amide bonds. The molecule has 1 aromatic rings. The van der Waals surface area contributed by atoms with E-state index in [9.17, 15) is 4.79 Å². The minimum Gasteiger partial charge on any atom is -0.350 e. The predicted molar refractivity (Wildman–Crippen MR) is 78.1 cm³/mol. The maximum atomic E-state index is 11.9. The molecule has 0 aliphatic carbocycles. The fourth-order valence-electron chi connectivity index (χ4n) is 2.55. The fourth-order valence-corrected chi connectivity index (χ4v) is 3.27. The zero-order valence-electron chi connectivity index (χ0n) is 11.7. The number of piperidine rings is 1. The minimum atomic E-state index is 0.144. The van der Waals surface area contributed by atoms with E-state index in [2.05, 4.69) is 22.5 Å². The molecule has 2 atom stereocenters. The molecule has 2 rings (SSSR count). The van der Waals surface area contributed by atoms with Crippen LogP contribution in [0.2, 0.25) is 0 Å². The van der Waals surface area contributed by atoms with Crippen molar-refractivity contribution in [3.05, 3.63) is 16.1 Å². The van der Waals surface area contributed by atoms with E-state index < -0.39 is 0 Å². The molecule has 1 aliphatic heterocycles. The average Bonchev–Trinajstić information content (AvgIpc) is 2.83. The molecule has 0 radical (unpaired) electrons. The second kappa shape index (κ2) is 7.01. The molecule has 2 N–H and O–H groups in total. The van der Waals surface area contributed by atoms with Crippen LogP contribution >= 0.6 is 11.3 Å². The van der Waals surface area contributed by atoms with E-state index in [1.54, 1.807) is 11.3 Å². The van der Waals surface area contributed by atoms with Gasteiger partial charge in [-0.1, -0.05) is 6.92 Å². The summed E-state index contributed by atoms with van der Waals surface area (Å²) in [7, 11) is 0. The van der Waals surface area contributed by atoms with E-state index in [4.69, 9.17) is 0 Å². The highest BCUT2D eigenvalue weighted by atomic mass is 32.1. The highest BCUT2D eigenvalue weighted by molar-refractivity contribution is 7.09. The Balaban J connectivity index is 1.71. The lowest BCUT2D eigenvalue weighted by Gasteiger charge is -2.27. The molecule has 0 saturated carbocycles. The zero-order valence-corrected chi connectivity index (χ0v) is 12.6. The Morgan fingerprint density at radius 1 is 1.68 bits per heavy atom. The molecule has 0 bridgehead atoms. The predicted octanol–water partition coefficient (Wildman–Crippen LogP) is 2.09. The maximum Gasteiger partial charge on any atom is 0.220 e. The summed E-state index contributed by atoms with van der Waals surface area (Å²) >= 11 is 1.60. The summed E-state index contributed by atoms with van der Waals surface area (Å²) in [6.07, 6.45) is 3.10. The Morgan fingerprint density at radius 3 is 3.16 bits per heavy atom. The molecule has 0 aromatic carbocycles. The van der Waals surface area contributed by atoms with Crippen LogP contribution in [-0.2, 0) is 11.3 Å². The van der Waals surface area contributed by atoms with Crippen LogP contribution in [0.1, 0.15) is 36.9 Å². The van der Waals surface area contributed by atoms with Crippen molar-refractivity contribution in [1.29, 1.82) is 0 Å². The van der Waals surface area contributed by atoms with E-state index >= 15 is 0 Å². The molecule has 106 valence electrons. The van der Waals surface area contributed by atoms with Crippen molar-refractivity contribution >= 4 is 17.2 Å². The molecule has 1 saturated heterocycles. The van der Waals surface area contributed by atoms with Gasteiger partial charge in [0.1, 0.15) is 5.01 Å². The smallest absolute Gasteiger partial charge is 0.220 e. The molecule has 4 nitrogen and oxygen atoms in total. The monoisotopic (exact) mass is 281 g/mol. The third kappa shape index (κ3) is 4.58. The Labute approximate surface area is 119 Å². The highest BCUT2D eigenvalue weighted by Gasteiger charge is 2.21. The van der Waals surface area contributed by atoms with Crippen molar-refractivity contribution in [3.8, 4) is 0 Å². The molecule has 2 heterocycles. The first-order valence-electron chi connectivity index (χ1n) is 7.03. The fraction of sp³-hybridized carbons (Fsp3) is 0.714. The van der Waals surface area contributed by atoms with Crippen molar-refractivity contribution < 1.29 is 4.79 Å². The minimum absolute atomic E-state index is 0.144. The number of aromatic nitrogens is 1. The number of nitrogens with one attached hydrogen (secondary N) is 2. The van der Waals surface area contributed by atoms with Crippen LogP contribution < -0.4 is 10.6 Å². The quantitative estimate of drug-likeness (QED) is 0.869. The van der Waals surface area contributed by atoms with Gasteiger partial charge in [0.05, 0.1) is 6.54 Å². The third-order valence-electron chi connectivity index (χ3n) is 3.75. The summed E-state index contributed by atoms with van der Waals surface area (Å²) in [5.41, 5.74) is 1.02. The van der Waals surface area contributed by atoms with Crippen molar-refractivity contribution in [2.45, 2.75) is 39.7 Å². The molecule has 19 heavy (non-hydrogen) atoms. The van der Waals surface area contributed by atoms with Gasteiger partial charge in [-0.05, 0) is 44.7 Å². The zero-order chi connectivity index (χ0) is 13.7. The first kappa shape index (κ1) is 14.5. The lowest BCUT2D eigenvalue weighted by Crippen LogP contribution is -2.35. The van der Waals surface area contributed by atoms with E-state index in [0.29, 0.717) is 24.8 Å². The van der Waals surface area contributed by atoms with Crippen LogP contribution in [0.4, 0.5) is 0 Å². The number of thiazole rings is 1. The average molecular weight is 281 g/mol. The molecule has 0 spiro atoms. The summed E-state index contributed by atoms with van der Waals surface area (Å²) in [5.74, 6) is 1.23. The van der Waals surface area contributed by atoms with Crippen molar-refractivity contribution in [2.75, 3.05) is 13.1 Å². The molecule has 1 fully saturated rings. The SMILES string of the molecule is Cc1csc(CNC(=O)CC(C)C2CCCNC2)n1. The van der Waals surface area contributed by atoms with E-state index in [1.807, 2.05) is 12.3 Å². The molecule has 2 unspecified atom stereocenters. The van der Waals surface area contributed by atoms with E-state index in [1.165, 1.54) is 12.8 Å². The van der Waals surface area contributed by atoms with E-state index in [0.717, 1.165) is 23.8 Å². The van der Waals surface area contributed by atoms with Gasteiger partial charge in [0, 0.05) is 17.5 Å². The van der Waals surface area contributed by atoms with Crippen LogP contribution in [0.3, 0.4) is 0 Å². The second-order valence-corrected chi connectivity index (χ2v) is 6.39. The van der Waals surface area contributed by atoms with Gasteiger partial charge in [-0.25, -0.2) is 4.98 Å². The van der Waals surface area contributed by atoms with Gasteiger partial charge in [-0.3, -0.25) is 4.79 Å². The number of carbonyl (C=O) groups excluding carboxylic acids is 1. The summed E-state index contributed by atoms with van der Waals surface area (Å²) < 4.78 is 0. The topological polar surface area (TPSA) is 54.0 Å². The normalized spacial score (nSPS) is 21.1. The lowest BCUT2D eigenvalue weighted by molar-refractivity contribution is -0.122.